The van der Waals surface area contributed by atoms with Gasteiger partial charge in [-0.2, -0.15) is 0 Å². The first kappa shape index (κ1) is 19.2. The van der Waals surface area contributed by atoms with Crippen molar-refractivity contribution in [3.63, 3.8) is 0 Å². The fraction of sp³-hybridized carbons (Fsp3) is 0.333. The lowest BCUT2D eigenvalue weighted by Crippen LogP contribution is -2.39. The van der Waals surface area contributed by atoms with Crippen molar-refractivity contribution in [1.29, 1.82) is 0 Å². The Morgan fingerprint density at radius 2 is 1.78 bits per heavy atom. The summed E-state index contributed by atoms with van der Waals surface area (Å²) in [7, 11) is 1.51. The highest BCUT2D eigenvalue weighted by molar-refractivity contribution is 6.31. The van der Waals surface area contributed by atoms with E-state index in [0.717, 1.165) is 16.7 Å². The molecule has 2 N–H and O–H groups in total. The first-order chi connectivity index (χ1) is 12.9. The van der Waals surface area contributed by atoms with E-state index in [1.165, 1.54) is 7.11 Å². The molecular formula is C21H23ClN2O3. The van der Waals surface area contributed by atoms with Crippen molar-refractivity contribution in [3.8, 4) is 5.75 Å². The molecule has 5 nitrogen and oxygen atoms in total. The molecule has 2 aromatic carbocycles. The third-order valence-corrected chi connectivity index (χ3v) is 5.33. The van der Waals surface area contributed by atoms with E-state index in [9.17, 15) is 9.59 Å². The number of carbonyl (C=O) groups is 2. The molecular weight excluding hydrogens is 364 g/mol. The normalized spacial score (nSPS) is 14.4. The Morgan fingerprint density at radius 1 is 1.11 bits per heavy atom. The fourth-order valence-electron chi connectivity index (χ4n) is 2.91. The van der Waals surface area contributed by atoms with Crippen molar-refractivity contribution in [2.45, 2.75) is 33.2 Å². The average Bonchev–Trinajstić information content (AvgIpc) is 3.46. The molecule has 27 heavy (non-hydrogen) atoms. The zero-order chi connectivity index (χ0) is 19.6. The monoisotopic (exact) mass is 386 g/mol. The molecule has 0 radical (unpaired) electrons. The second-order valence-electron chi connectivity index (χ2n) is 7.01. The first-order valence-corrected chi connectivity index (χ1v) is 9.23. The zero-order valence-corrected chi connectivity index (χ0v) is 16.4. The van der Waals surface area contributed by atoms with Gasteiger partial charge in [-0.05, 0) is 43.9 Å². The SMILES string of the molecule is COc1cc(Cl)c(C)cc1NC(=O)C1(C(=O)NCc2ccc(C)cc2)CC1. The van der Waals surface area contributed by atoms with Crippen LogP contribution in [0.5, 0.6) is 5.75 Å². The van der Waals surface area contributed by atoms with Crippen LogP contribution >= 0.6 is 11.6 Å². The molecule has 3 rings (SSSR count). The van der Waals surface area contributed by atoms with Crippen LogP contribution in [0, 0.1) is 19.3 Å². The lowest BCUT2D eigenvalue weighted by molar-refractivity contribution is -0.134. The van der Waals surface area contributed by atoms with E-state index in [4.69, 9.17) is 16.3 Å². The van der Waals surface area contributed by atoms with Crippen LogP contribution < -0.4 is 15.4 Å². The van der Waals surface area contributed by atoms with Gasteiger partial charge in [0.25, 0.3) is 0 Å². The molecule has 1 aliphatic carbocycles. The number of benzene rings is 2. The Hall–Kier alpha value is -2.53. The standard InChI is InChI=1S/C21H23ClN2O3/c1-13-4-6-15(7-5-13)12-23-19(25)21(8-9-21)20(26)24-17-10-14(2)16(22)11-18(17)27-3/h4-7,10-11H,8-9,12H2,1-3H3,(H,23,25)(H,24,26). The van der Waals surface area contributed by atoms with Crippen LogP contribution in [-0.4, -0.2) is 18.9 Å². The minimum Gasteiger partial charge on any atom is -0.495 e. The molecule has 0 bridgehead atoms. The Bertz CT molecular complexity index is 874. The lowest BCUT2D eigenvalue weighted by Gasteiger charge is -2.17. The summed E-state index contributed by atoms with van der Waals surface area (Å²) < 4.78 is 5.29. The number of anilines is 1. The van der Waals surface area contributed by atoms with Gasteiger partial charge in [0.2, 0.25) is 11.8 Å². The van der Waals surface area contributed by atoms with E-state index in [1.807, 2.05) is 38.1 Å². The third kappa shape index (κ3) is 4.08. The Kier molecular flexibility index (Phi) is 5.42. The summed E-state index contributed by atoms with van der Waals surface area (Å²) in [6.45, 7) is 4.26. The summed E-state index contributed by atoms with van der Waals surface area (Å²) >= 11 is 6.11. The average molecular weight is 387 g/mol. The lowest BCUT2D eigenvalue weighted by atomic mass is 10.0. The number of nitrogens with one attached hydrogen (secondary N) is 2. The van der Waals surface area contributed by atoms with E-state index in [0.29, 0.717) is 35.8 Å². The van der Waals surface area contributed by atoms with Crippen molar-refractivity contribution in [2.75, 3.05) is 12.4 Å². The molecule has 0 aromatic heterocycles. The molecule has 0 unspecified atom stereocenters. The molecule has 1 fully saturated rings. The molecule has 142 valence electrons. The van der Waals surface area contributed by atoms with Gasteiger partial charge < -0.3 is 15.4 Å². The minimum atomic E-state index is -1.01. The largest absolute Gasteiger partial charge is 0.495 e. The minimum absolute atomic E-state index is 0.245. The molecule has 6 heteroatoms. The second-order valence-corrected chi connectivity index (χ2v) is 7.41. The number of hydrogen-bond acceptors (Lipinski definition) is 3. The van der Waals surface area contributed by atoms with Gasteiger partial charge in [-0.1, -0.05) is 41.4 Å². The molecule has 0 saturated heterocycles. The van der Waals surface area contributed by atoms with Gasteiger partial charge in [0, 0.05) is 17.6 Å². The number of amides is 2. The quantitative estimate of drug-likeness (QED) is 0.737. The van der Waals surface area contributed by atoms with Crippen molar-refractivity contribution >= 4 is 29.1 Å². The van der Waals surface area contributed by atoms with Crippen molar-refractivity contribution in [3.05, 3.63) is 58.1 Å². The molecule has 0 heterocycles. The predicted molar refractivity (Wildman–Crippen MR) is 106 cm³/mol. The summed E-state index contributed by atoms with van der Waals surface area (Å²) in [5.74, 6) is -0.0935. The number of aryl methyl sites for hydroxylation is 2. The third-order valence-electron chi connectivity index (χ3n) is 4.92. The molecule has 2 aromatic rings. The highest BCUT2D eigenvalue weighted by Crippen LogP contribution is 2.47. The van der Waals surface area contributed by atoms with Crippen molar-refractivity contribution in [1.82, 2.24) is 5.32 Å². The number of hydrogen-bond donors (Lipinski definition) is 2. The number of ether oxygens (including phenoxy) is 1. The number of methoxy groups -OCH3 is 1. The highest BCUT2D eigenvalue weighted by Gasteiger charge is 2.56. The molecule has 0 aliphatic heterocycles. The molecule has 0 spiro atoms. The topological polar surface area (TPSA) is 67.4 Å². The van der Waals surface area contributed by atoms with Crippen LogP contribution in [-0.2, 0) is 16.1 Å². The summed E-state index contributed by atoms with van der Waals surface area (Å²) in [5.41, 5.74) is 2.49. The van der Waals surface area contributed by atoms with E-state index in [1.54, 1.807) is 12.1 Å². The van der Waals surface area contributed by atoms with Crippen LogP contribution in [0.15, 0.2) is 36.4 Å². The highest BCUT2D eigenvalue weighted by atomic mass is 35.5. The predicted octanol–water partition coefficient (Wildman–Crippen LogP) is 4.00. The first-order valence-electron chi connectivity index (χ1n) is 8.85. The summed E-state index contributed by atoms with van der Waals surface area (Å²) in [5, 5.41) is 6.28. The number of halogens is 1. The van der Waals surface area contributed by atoms with Crippen LogP contribution in [0.1, 0.15) is 29.5 Å². The molecule has 1 aliphatic rings. The van der Waals surface area contributed by atoms with E-state index in [-0.39, 0.29) is 11.8 Å². The van der Waals surface area contributed by atoms with Gasteiger partial charge in [0.1, 0.15) is 11.2 Å². The van der Waals surface area contributed by atoms with Gasteiger partial charge in [-0.25, -0.2) is 0 Å². The maximum absolute atomic E-state index is 12.8. The van der Waals surface area contributed by atoms with Crippen molar-refractivity contribution in [2.24, 2.45) is 5.41 Å². The van der Waals surface area contributed by atoms with Gasteiger partial charge in [-0.15, -0.1) is 0 Å². The van der Waals surface area contributed by atoms with Crippen LogP contribution in [0.4, 0.5) is 5.69 Å². The maximum Gasteiger partial charge on any atom is 0.240 e. The number of rotatable bonds is 6. The summed E-state index contributed by atoms with van der Waals surface area (Å²) in [6.07, 6.45) is 1.07. The van der Waals surface area contributed by atoms with E-state index in [2.05, 4.69) is 10.6 Å². The summed E-state index contributed by atoms with van der Waals surface area (Å²) in [4.78, 5) is 25.4. The van der Waals surface area contributed by atoms with E-state index < -0.39 is 5.41 Å². The van der Waals surface area contributed by atoms with E-state index >= 15 is 0 Å². The van der Waals surface area contributed by atoms with Gasteiger partial charge in [-0.3, -0.25) is 9.59 Å². The Balaban J connectivity index is 1.68. The zero-order valence-electron chi connectivity index (χ0n) is 15.7. The molecule has 0 atom stereocenters. The molecule has 1 saturated carbocycles. The van der Waals surface area contributed by atoms with Crippen LogP contribution in [0.25, 0.3) is 0 Å². The maximum atomic E-state index is 12.8. The Morgan fingerprint density at radius 3 is 2.37 bits per heavy atom. The van der Waals surface area contributed by atoms with Crippen molar-refractivity contribution < 1.29 is 14.3 Å². The van der Waals surface area contributed by atoms with Gasteiger partial charge >= 0.3 is 0 Å². The smallest absolute Gasteiger partial charge is 0.240 e. The summed E-state index contributed by atoms with van der Waals surface area (Å²) in [6, 6.07) is 11.3. The Labute approximate surface area is 164 Å². The van der Waals surface area contributed by atoms with Gasteiger partial charge in [0.15, 0.2) is 0 Å². The van der Waals surface area contributed by atoms with Crippen LogP contribution in [0.3, 0.4) is 0 Å². The number of carbonyl (C=O) groups excluding carboxylic acids is 2. The van der Waals surface area contributed by atoms with Crippen LogP contribution in [0.2, 0.25) is 5.02 Å². The van der Waals surface area contributed by atoms with Gasteiger partial charge in [0.05, 0.1) is 12.8 Å². The fourth-order valence-corrected chi connectivity index (χ4v) is 3.07. The molecule has 2 amide bonds. The second kappa shape index (κ2) is 7.61.